The summed E-state index contributed by atoms with van der Waals surface area (Å²) in [5, 5.41) is 3.33. The lowest BCUT2D eigenvalue weighted by molar-refractivity contribution is 0.414. The summed E-state index contributed by atoms with van der Waals surface area (Å²) in [5.41, 5.74) is 2.34. The summed E-state index contributed by atoms with van der Waals surface area (Å²) >= 11 is 0. The van der Waals surface area contributed by atoms with Gasteiger partial charge in [-0.15, -0.1) is 0 Å². The molecule has 0 fully saturated rings. The average molecular weight is 271 g/mol. The van der Waals surface area contributed by atoms with Crippen LogP contribution in [0.15, 0.2) is 36.7 Å². The second-order valence-electron chi connectivity index (χ2n) is 5.01. The molecule has 0 atom stereocenters. The predicted octanol–water partition coefficient (Wildman–Crippen LogP) is 3.26. The maximum Gasteiger partial charge on any atom is 0.129 e. The normalized spacial score (nSPS) is 10.6. The van der Waals surface area contributed by atoms with Crippen molar-refractivity contribution in [2.24, 2.45) is 0 Å². The van der Waals surface area contributed by atoms with Crippen LogP contribution in [0.3, 0.4) is 0 Å². The highest BCUT2D eigenvalue weighted by atomic mass is 16.5. The van der Waals surface area contributed by atoms with Crippen LogP contribution >= 0.6 is 0 Å². The first kappa shape index (κ1) is 14.3. The van der Waals surface area contributed by atoms with Crippen LogP contribution in [-0.4, -0.2) is 23.6 Å². The van der Waals surface area contributed by atoms with E-state index in [2.05, 4.69) is 41.3 Å². The molecule has 0 saturated heterocycles. The minimum atomic E-state index is 0.417. The van der Waals surface area contributed by atoms with Gasteiger partial charge in [0.1, 0.15) is 17.9 Å². The van der Waals surface area contributed by atoms with Gasteiger partial charge in [-0.2, -0.15) is 0 Å². The lowest BCUT2D eigenvalue weighted by atomic mass is 10.1. The summed E-state index contributed by atoms with van der Waals surface area (Å²) in [4.78, 5) is 8.50. The zero-order valence-corrected chi connectivity index (χ0v) is 12.3. The van der Waals surface area contributed by atoms with Crippen LogP contribution in [-0.2, 0) is 6.42 Å². The molecule has 20 heavy (non-hydrogen) atoms. The zero-order chi connectivity index (χ0) is 14.4. The summed E-state index contributed by atoms with van der Waals surface area (Å²) in [6.45, 7) is 5.10. The molecule has 2 rings (SSSR count). The van der Waals surface area contributed by atoms with Gasteiger partial charge in [0.15, 0.2) is 0 Å². The molecular weight excluding hydrogens is 250 g/mol. The summed E-state index contributed by atoms with van der Waals surface area (Å²) in [6, 6.07) is 10.1. The Morgan fingerprint density at radius 3 is 2.55 bits per heavy atom. The van der Waals surface area contributed by atoms with Gasteiger partial charge in [0.2, 0.25) is 0 Å². The van der Waals surface area contributed by atoms with Crippen LogP contribution in [0.4, 0.5) is 5.82 Å². The molecule has 0 aliphatic carbocycles. The molecule has 0 saturated carbocycles. The highest BCUT2D eigenvalue weighted by Gasteiger charge is 2.02. The second-order valence-corrected chi connectivity index (χ2v) is 5.01. The fourth-order valence-electron chi connectivity index (χ4n) is 1.91. The van der Waals surface area contributed by atoms with Crippen LogP contribution in [0.2, 0.25) is 0 Å². The number of hydrogen-bond donors (Lipinski definition) is 1. The molecule has 2 aromatic rings. The van der Waals surface area contributed by atoms with Crippen LogP contribution in [0.1, 0.15) is 31.0 Å². The molecule has 4 nitrogen and oxygen atoms in total. The van der Waals surface area contributed by atoms with E-state index in [4.69, 9.17) is 4.74 Å². The Morgan fingerprint density at radius 1 is 1.15 bits per heavy atom. The van der Waals surface area contributed by atoms with E-state index in [-0.39, 0.29) is 0 Å². The highest BCUT2D eigenvalue weighted by molar-refractivity contribution is 5.36. The molecule has 0 spiro atoms. The topological polar surface area (TPSA) is 47.0 Å². The standard InChI is InChI=1S/C16H21N3O/c1-12(2)15-10-16(19-11-18-15)17-9-8-13-4-6-14(20-3)7-5-13/h4-7,10-12H,8-9H2,1-3H3,(H,17,18,19). The Kier molecular flexibility index (Phi) is 4.93. The lowest BCUT2D eigenvalue weighted by Crippen LogP contribution is -2.07. The minimum absolute atomic E-state index is 0.417. The van der Waals surface area contributed by atoms with E-state index in [9.17, 15) is 0 Å². The van der Waals surface area contributed by atoms with Gasteiger partial charge in [-0.3, -0.25) is 0 Å². The largest absolute Gasteiger partial charge is 0.497 e. The first-order valence-corrected chi connectivity index (χ1v) is 6.88. The minimum Gasteiger partial charge on any atom is -0.497 e. The van der Waals surface area contributed by atoms with Crippen molar-refractivity contribution in [3.8, 4) is 5.75 Å². The third kappa shape index (κ3) is 3.95. The molecule has 0 unspecified atom stereocenters. The molecular formula is C16H21N3O. The third-order valence-electron chi connectivity index (χ3n) is 3.16. The van der Waals surface area contributed by atoms with E-state index in [1.807, 2.05) is 18.2 Å². The van der Waals surface area contributed by atoms with Gasteiger partial charge in [0.05, 0.1) is 7.11 Å². The quantitative estimate of drug-likeness (QED) is 0.876. The van der Waals surface area contributed by atoms with Crippen LogP contribution in [0.5, 0.6) is 5.75 Å². The number of nitrogens with one attached hydrogen (secondary N) is 1. The Labute approximate surface area is 120 Å². The van der Waals surface area contributed by atoms with Crippen molar-refractivity contribution in [1.29, 1.82) is 0 Å². The number of methoxy groups -OCH3 is 1. The molecule has 0 amide bonds. The number of aromatic nitrogens is 2. The Balaban J connectivity index is 1.87. The van der Waals surface area contributed by atoms with Gasteiger partial charge in [-0.25, -0.2) is 9.97 Å². The van der Waals surface area contributed by atoms with Gasteiger partial charge >= 0.3 is 0 Å². The molecule has 1 N–H and O–H groups in total. The van der Waals surface area contributed by atoms with E-state index < -0.39 is 0 Å². The Hall–Kier alpha value is -2.10. The highest BCUT2D eigenvalue weighted by Crippen LogP contribution is 2.14. The van der Waals surface area contributed by atoms with Gasteiger partial charge in [-0.05, 0) is 30.0 Å². The molecule has 0 aliphatic heterocycles. The van der Waals surface area contributed by atoms with E-state index in [0.29, 0.717) is 5.92 Å². The van der Waals surface area contributed by atoms with Crippen LogP contribution in [0.25, 0.3) is 0 Å². The lowest BCUT2D eigenvalue weighted by Gasteiger charge is -2.09. The number of hydrogen-bond acceptors (Lipinski definition) is 4. The van der Waals surface area contributed by atoms with E-state index in [0.717, 1.165) is 30.2 Å². The zero-order valence-electron chi connectivity index (χ0n) is 12.3. The fourth-order valence-corrected chi connectivity index (χ4v) is 1.91. The summed E-state index contributed by atoms with van der Waals surface area (Å²) in [7, 11) is 1.68. The number of anilines is 1. The molecule has 0 aliphatic rings. The van der Waals surface area contributed by atoms with E-state index >= 15 is 0 Å². The first-order valence-electron chi connectivity index (χ1n) is 6.88. The molecule has 0 radical (unpaired) electrons. The van der Waals surface area contributed by atoms with Gasteiger partial charge < -0.3 is 10.1 Å². The maximum atomic E-state index is 5.15. The Bertz CT molecular complexity index is 538. The van der Waals surface area contributed by atoms with Crippen molar-refractivity contribution >= 4 is 5.82 Å². The first-order chi connectivity index (χ1) is 9.69. The van der Waals surface area contributed by atoms with E-state index in [1.54, 1.807) is 13.4 Å². The SMILES string of the molecule is COc1ccc(CCNc2cc(C(C)C)ncn2)cc1. The van der Waals surface area contributed by atoms with Gasteiger partial charge in [0.25, 0.3) is 0 Å². The number of benzene rings is 1. The monoisotopic (exact) mass is 271 g/mol. The van der Waals surface area contributed by atoms with Gasteiger partial charge in [-0.1, -0.05) is 26.0 Å². The fraction of sp³-hybridized carbons (Fsp3) is 0.375. The molecule has 1 aromatic carbocycles. The molecule has 0 bridgehead atoms. The van der Waals surface area contributed by atoms with Crippen molar-refractivity contribution in [3.63, 3.8) is 0 Å². The van der Waals surface area contributed by atoms with Crippen LogP contribution in [0, 0.1) is 0 Å². The van der Waals surface area contributed by atoms with E-state index in [1.165, 1.54) is 5.56 Å². The van der Waals surface area contributed by atoms with Crippen molar-refractivity contribution in [2.45, 2.75) is 26.2 Å². The smallest absolute Gasteiger partial charge is 0.129 e. The maximum absolute atomic E-state index is 5.15. The van der Waals surface area contributed by atoms with Crippen molar-refractivity contribution in [2.75, 3.05) is 19.0 Å². The summed E-state index contributed by atoms with van der Waals surface area (Å²) in [6.07, 6.45) is 2.57. The average Bonchev–Trinajstić information content (AvgIpc) is 2.48. The predicted molar refractivity (Wildman–Crippen MR) is 81.3 cm³/mol. The number of ether oxygens (including phenoxy) is 1. The number of rotatable bonds is 6. The summed E-state index contributed by atoms with van der Waals surface area (Å²) in [5.74, 6) is 2.19. The molecule has 1 heterocycles. The Morgan fingerprint density at radius 2 is 1.90 bits per heavy atom. The number of nitrogens with zero attached hydrogens (tertiary/aromatic N) is 2. The molecule has 106 valence electrons. The van der Waals surface area contributed by atoms with Gasteiger partial charge in [0, 0.05) is 18.3 Å². The van der Waals surface area contributed by atoms with Crippen molar-refractivity contribution < 1.29 is 4.74 Å². The van der Waals surface area contributed by atoms with Crippen molar-refractivity contribution in [1.82, 2.24) is 9.97 Å². The summed E-state index contributed by atoms with van der Waals surface area (Å²) < 4.78 is 5.15. The second kappa shape index (κ2) is 6.89. The third-order valence-corrected chi connectivity index (χ3v) is 3.16. The van der Waals surface area contributed by atoms with Crippen LogP contribution < -0.4 is 10.1 Å². The molecule has 4 heteroatoms. The molecule has 1 aromatic heterocycles. The van der Waals surface area contributed by atoms with Crippen molar-refractivity contribution in [3.05, 3.63) is 47.9 Å².